The molecule has 1 aliphatic rings. The van der Waals surface area contributed by atoms with Gasteiger partial charge in [0.2, 0.25) is 0 Å². The van der Waals surface area contributed by atoms with Crippen LogP contribution in [0.4, 0.5) is 0 Å². The van der Waals surface area contributed by atoms with Gasteiger partial charge >= 0.3 is 0 Å². The zero-order valence-corrected chi connectivity index (χ0v) is 16.6. The molecule has 0 spiro atoms. The summed E-state index contributed by atoms with van der Waals surface area (Å²) in [6, 6.07) is 6.98. The highest BCUT2D eigenvalue weighted by Gasteiger charge is 2.28. The molecule has 0 atom stereocenters. The second-order valence-corrected chi connectivity index (χ2v) is 7.04. The number of amides is 2. The van der Waals surface area contributed by atoms with E-state index >= 15 is 0 Å². The van der Waals surface area contributed by atoms with E-state index in [0.29, 0.717) is 29.2 Å². The zero-order chi connectivity index (χ0) is 20.3. The monoisotopic (exact) mass is 383 g/mol. The van der Waals surface area contributed by atoms with Crippen LogP contribution in [0.5, 0.6) is 5.75 Å². The molecule has 0 fully saturated rings. The van der Waals surface area contributed by atoms with Crippen molar-refractivity contribution in [1.29, 1.82) is 0 Å². The summed E-state index contributed by atoms with van der Waals surface area (Å²) < 4.78 is 11.1. The third-order valence-corrected chi connectivity index (χ3v) is 4.60. The van der Waals surface area contributed by atoms with E-state index in [1.165, 1.54) is 7.11 Å². The SMILES string of the molecule is COc1ccccc1C(=O)N/N=C1\CCCc2oc(C(=O)NC(C)C)c(C)c21. The van der Waals surface area contributed by atoms with Crippen molar-refractivity contribution >= 4 is 17.5 Å². The number of fused-ring (bicyclic) bond motifs is 1. The molecule has 0 aliphatic heterocycles. The van der Waals surface area contributed by atoms with Crippen LogP contribution in [0.2, 0.25) is 0 Å². The normalized spacial score (nSPS) is 14.7. The summed E-state index contributed by atoms with van der Waals surface area (Å²) in [5.74, 6) is 0.944. The number of carbonyl (C=O) groups is 2. The first-order valence-electron chi connectivity index (χ1n) is 9.35. The summed E-state index contributed by atoms with van der Waals surface area (Å²) in [6.07, 6.45) is 2.28. The molecule has 148 valence electrons. The lowest BCUT2D eigenvalue weighted by atomic mass is 9.93. The number of rotatable bonds is 5. The number of furan rings is 1. The standard InChI is InChI=1S/C21H25N3O4/c1-12(2)22-21(26)19-13(3)18-15(9-7-11-17(18)28-19)23-24-20(25)14-8-5-6-10-16(14)27-4/h5-6,8,10,12H,7,9,11H2,1-4H3,(H,22,26)(H,24,25)/b23-15+. The summed E-state index contributed by atoms with van der Waals surface area (Å²) in [6.45, 7) is 5.65. The number of aryl methyl sites for hydroxylation is 1. The van der Waals surface area contributed by atoms with Crippen molar-refractivity contribution in [3.05, 3.63) is 52.5 Å². The summed E-state index contributed by atoms with van der Waals surface area (Å²) in [4.78, 5) is 24.9. The number of nitrogens with one attached hydrogen (secondary N) is 2. The topological polar surface area (TPSA) is 92.9 Å². The lowest BCUT2D eigenvalue weighted by Crippen LogP contribution is -2.30. The fourth-order valence-corrected chi connectivity index (χ4v) is 3.34. The quantitative estimate of drug-likeness (QED) is 0.776. The van der Waals surface area contributed by atoms with Gasteiger partial charge in [-0.25, -0.2) is 5.43 Å². The van der Waals surface area contributed by atoms with E-state index in [1.54, 1.807) is 24.3 Å². The third kappa shape index (κ3) is 3.93. The van der Waals surface area contributed by atoms with Gasteiger partial charge in [0.05, 0.1) is 18.4 Å². The van der Waals surface area contributed by atoms with Crippen LogP contribution in [0.3, 0.4) is 0 Å². The van der Waals surface area contributed by atoms with Crippen molar-refractivity contribution in [3.8, 4) is 5.75 Å². The molecule has 1 aromatic carbocycles. The first-order valence-corrected chi connectivity index (χ1v) is 9.35. The molecule has 7 nitrogen and oxygen atoms in total. The lowest BCUT2D eigenvalue weighted by molar-refractivity contribution is 0.0911. The Bertz CT molecular complexity index is 928. The van der Waals surface area contributed by atoms with Gasteiger partial charge in [0.1, 0.15) is 11.5 Å². The highest BCUT2D eigenvalue weighted by Crippen LogP contribution is 2.30. The average Bonchev–Trinajstić information content (AvgIpc) is 3.03. The molecule has 3 rings (SSSR count). The van der Waals surface area contributed by atoms with Crippen LogP contribution >= 0.6 is 0 Å². The van der Waals surface area contributed by atoms with Gasteiger partial charge in [-0.2, -0.15) is 5.10 Å². The Morgan fingerprint density at radius 3 is 2.64 bits per heavy atom. The molecule has 0 bridgehead atoms. The Balaban J connectivity index is 1.86. The molecular formula is C21H25N3O4. The van der Waals surface area contributed by atoms with Gasteiger partial charge in [-0.3, -0.25) is 9.59 Å². The molecule has 28 heavy (non-hydrogen) atoms. The minimum atomic E-state index is -0.351. The molecule has 1 heterocycles. The molecule has 1 aromatic heterocycles. The number of hydrogen-bond acceptors (Lipinski definition) is 5. The lowest BCUT2D eigenvalue weighted by Gasteiger charge is -2.14. The van der Waals surface area contributed by atoms with Crippen molar-refractivity contribution < 1.29 is 18.7 Å². The average molecular weight is 383 g/mol. The summed E-state index contributed by atoms with van der Waals surface area (Å²) in [5.41, 5.74) is 5.30. The van der Waals surface area contributed by atoms with Gasteiger partial charge in [0.15, 0.2) is 5.76 Å². The molecule has 2 amide bonds. The van der Waals surface area contributed by atoms with Crippen LogP contribution < -0.4 is 15.5 Å². The van der Waals surface area contributed by atoms with E-state index in [4.69, 9.17) is 9.15 Å². The summed E-state index contributed by atoms with van der Waals surface area (Å²) in [7, 11) is 1.52. The van der Waals surface area contributed by atoms with Crippen molar-refractivity contribution in [2.24, 2.45) is 5.10 Å². The van der Waals surface area contributed by atoms with Crippen LogP contribution in [0.25, 0.3) is 0 Å². The smallest absolute Gasteiger partial charge is 0.287 e. The number of methoxy groups -OCH3 is 1. The Morgan fingerprint density at radius 2 is 1.93 bits per heavy atom. The van der Waals surface area contributed by atoms with Gasteiger partial charge in [0, 0.05) is 23.6 Å². The molecule has 7 heteroatoms. The Morgan fingerprint density at radius 1 is 1.18 bits per heavy atom. The van der Waals surface area contributed by atoms with Gasteiger partial charge in [-0.05, 0) is 45.7 Å². The van der Waals surface area contributed by atoms with E-state index < -0.39 is 0 Å². The number of benzene rings is 1. The van der Waals surface area contributed by atoms with Gasteiger partial charge < -0.3 is 14.5 Å². The first-order chi connectivity index (χ1) is 13.4. The Hall–Kier alpha value is -3.09. The minimum absolute atomic E-state index is 0.0160. The number of hydrazone groups is 1. The first kappa shape index (κ1) is 19.7. The highest BCUT2D eigenvalue weighted by atomic mass is 16.5. The van der Waals surface area contributed by atoms with E-state index in [1.807, 2.05) is 20.8 Å². The second-order valence-electron chi connectivity index (χ2n) is 7.04. The maximum atomic E-state index is 12.5. The molecular weight excluding hydrogens is 358 g/mol. The zero-order valence-electron chi connectivity index (χ0n) is 16.6. The van der Waals surface area contributed by atoms with E-state index in [2.05, 4.69) is 15.8 Å². The number of carbonyl (C=O) groups excluding carboxylic acids is 2. The molecule has 0 unspecified atom stereocenters. The largest absolute Gasteiger partial charge is 0.496 e. The minimum Gasteiger partial charge on any atom is -0.496 e. The molecule has 0 saturated carbocycles. The maximum absolute atomic E-state index is 12.5. The second kappa shape index (κ2) is 8.29. The highest BCUT2D eigenvalue weighted by molar-refractivity contribution is 6.07. The predicted molar refractivity (Wildman–Crippen MR) is 106 cm³/mol. The molecule has 0 saturated heterocycles. The van der Waals surface area contributed by atoms with E-state index in [9.17, 15) is 9.59 Å². The fourth-order valence-electron chi connectivity index (χ4n) is 3.34. The summed E-state index contributed by atoms with van der Waals surface area (Å²) in [5, 5.41) is 7.19. The van der Waals surface area contributed by atoms with Crippen LogP contribution in [-0.4, -0.2) is 30.7 Å². The number of hydrogen-bond donors (Lipinski definition) is 2. The van der Waals surface area contributed by atoms with Crippen LogP contribution in [0.15, 0.2) is 33.8 Å². The van der Waals surface area contributed by atoms with Crippen molar-refractivity contribution in [2.45, 2.75) is 46.1 Å². The van der Waals surface area contributed by atoms with Crippen LogP contribution in [0.1, 0.15) is 64.5 Å². The van der Waals surface area contributed by atoms with Gasteiger partial charge in [-0.15, -0.1) is 0 Å². The van der Waals surface area contributed by atoms with Crippen molar-refractivity contribution in [3.63, 3.8) is 0 Å². The fraction of sp³-hybridized carbons (Fsp3) is 0.381. The van der Waals surface area contributed by atoms with Gasteiger partial charge in [0.25, 0.3) is 11.8 Å². The molecule has 2 N–H and O–H groups in total. The van der Waals surface area contributed by atoms with Crippen molar-refractivity contribution in [1.82, 2.24) is 10.7 Å². The van der Waals surface area contributed by atoms with Crippen LogP contribution in [-0.2, 0) is 6.42 Å². The molecule has 0 radical (unpaired) electrons. The van der Waals surface area contributed by atoms with Gasteiger partial charge in [-0.1, -0.05) is 12.1 Å². The van der Waals surface area contributed by atoms with Crippen molar-refractivity contribution in [2.75, 3.05) is 7.11 Å². The Labute approximate surface area is 164 Å². The van der Waals surface area contributed by atoms with Crippen LogP contribution in [0, 0.1) is 6.92 Å². The maximum Gasteiger partial charge on any atom is 0.287 e. The number of nitrogens with zero attached hydrogens (tertiary/aromatic N) is 1. The van der Waals surface area contributed by atoms with E-state index in [0.717, 1.165) is 29.7 Å². The Kier molecular flexibility index (Phi) is 5.82. The molecule has 2 aromatic rings. The third-order valence-electron chi connectivity index (χ3n) is 4.60. The summed E-state index contributed by atoms with van der Waals surface area (Å²) >= 11 is 0. The molecule has 1 aliphatic carbocycles. The number of ether oxygens (including phenoxy) is 1. The van der Waals surface area contributed by atoms with E-state index in [-0.39, 0.29) is 17.9 Å². The predicted octanol–water partition coefficient (Wildman–Crippen LogP) is 3.21. The number of para-hydroxylation sites is 1.